The molecule has 0 aliphatic carbocycles. The lowest BCUT2D eigenvalue weighted by Crippen LogP contribution is -2.46. The van der Waals surface area contributed by atoms with Gasteiger partial charge in [-0.15, -0.1) is 0 Å². The molecule has 1 aromatic carbocycles. The van der Waals surface area contributed by atoms with Gasteiger partial charge >= 0.3 is 0 Å². The molecule has 2 aliphatic rings. The highest BCUT2D eigenvalue weighted by Gasteiger charge is 2.42. The number of carbonyl (C=O) groups excluding carboxylic acids is 1. The predicted octanol–water partition coefficient (Wildman–Crippen LogP) is 3.62. The molecule has 23 heavy (non-hydrogen) atoms. The molecule has 0 saturated carbocycles. The average molecular weight is 339 g/mol. The first kappa shape index (κ1) is 16.7. The Morgan fingerprint density at radius 3 is 2.83 bits per heavy atom. The van der Waals surface area contributed by atoms with Crippen molar-refractivity contribution in [2.45, 2.75) is 39.7 Å². The lowest BCUT2D eigenvalue weighted by Gasteiger charge is -2.40. The molecular formula is C18H24ClFN2O. The first-order valence-corrected chi connectivity index (χ1v) is 8.69. The molecule has 1 unspecified atom stereocenters. The third-order valence-corrected chi connectivity index (χ3v) is 5.91. The number of rotatable bonds is 2. The summed E-state index contributed by atoms with van der Waals surface area (Å²) >= 11 is 6.30. The summed E-state index contributed by atoms with van der Waals surface area (Å²) in [5.41, 5.74) is 1.69. The number of hydrogen-bond acceptors (Lipinski definition) is 2. The molecular weight excluding hydrogens is 315 g/mol. The summed E-state index contributed by atoms with van der Waals surface area (Å²) in [5.74, 6) is -0.0640. The molecule has 1 spiro atoms. The molecule has 1 amide bonds. The minimum absolute atomic E-state index is 0.162. The zero-order valence-corrected chi connectivity index (χ0v) is 14.6. The maximum Gasteiger partial charge on any atom is 0.219 e. The van der Waals surface area contributed by atoms with Crippen LogP contribution in [0.1, 0.15) is 37.3 Å². The zero-order valence-electron chi connectivity index (χ0n) is 13.9. The number of amides is 1. The van der Waals surface area contributed by atoms with Gasteiger partial charge in [-0.2, -0.15) is 0 Å². The Hall–Kier alpha value is -1.13. The van der Waals surface area contributed by atoms with Crippen molar-refractivity contribution in [3.05, 3.63) is 34.1 Å². The molecule has 2 aliphatic heterocycles. The van der Waals surface area contributed by atoms with Crippen LogP contribution in [0.25, 0.3) is 0 Å². The summed E-state index contributed by atoms with van der Waals surface area (Å²) in [6.07, 6.45) is 3.28. The summed E-state index contributed by atoms with van der Waals surface area (Å²) in [5, 5.41) is 0.542. The van der Waals surface area contributed by atoms with Crippen LogP contribution in [0.2, 0.25) is 5.02 Å². The van der Waals surface area contributed by atoms with Gasteiger partial charge in [0.2, 0.25) is 5.91 Å². The SMILES string of the molecule is CC(=O)N1CCCC2(CCN(Cc3c(F)ccc(C)c3Cl)C2)C1. The third kappa shape index (κ3) is 3.38. The fourth-order valence-corrected chi connectivity index (χ4v) is 4.27. The summed E-state index contributed by atoms with van der Waals surface area (Å²) in [6.45, 7) is 7.67. The van der Waals surface area contributed by atoms with Gasteiger partial charge in [-0.05, 0) is 44.4 Å². The van der Waals surface area contributed by atoms with Gasteiger partial charge in [-0.1, -0.05) is 17.7 Å². The highest BCUT2D eigenvalue weighted by molar-refractivity contribution is 6.32. The molecule has 0 aromatic heterocycles. The number of nitrogens with zero attached hydrogens (tertiary/aromatic N) is 2. The molecule has 0 N–H and O–H groups in total. The van der Waals surface area contributed by atoms with E-state index in [4.69, 9.17) is 11.6 Å². The highest BCUT2D eigenvalue weighted by Crippen LogP contribution is 2.40. The maximum atomic E-state index is 14.1. The Labute approximate surface area is 142 Å². The average Bonchev–Trinajstić information content (AvgIpc) is 2.90. The molecule has 2 fully saturated rings. The van der Waals surface area contributed by atoms with Gasteiger partial charge in [-0.25, -0.2) is 4.39 Å². The van der Waals surface area contributed by atoms with E-state index in [0.29, 0.717) is 17.1 Å². The van der Waals surface area contributed by atoms with Gasteiger partial charge in [0, 0.05) is 44.1 Å². The molecule has 1 aromatic rings. The van der Waals surface area contributed by atoms with Crippen molar-refractivity contribution in [3.8, 4) is 0 Å². The quantitative estimate of drug-likeness (QED) is 0.822. The number of piperidine rings is 1. The summed E-state index contributed by atoms with van der Waals surface area (Å²) in [7, 11) is 0. The number of aryl methyl sites for hydroxylation is 1. The normalized spacial score (nSPS) is 25.3. The van der Waals surface area contributed by atoms with Crippen molar-refractivity contribution in [2.75, 3.05) is 26.2 Å². The summed E-state index contributed by atoms with van der Waals surface area (Å²) < 4.78 is 14.1. The van der Waals surface area contributed by atoms with Crippen molar-refractivity contribution in [2.24, 2.45) is 5.41 Å². The highest BCUT2D eigenvalue weighted by atomic mass is 35.5. The molecule has 2 heterocycles. The Morgan fingerprint density at radius 2 is 2.09 bits per heavy atom. The lowest BCUT2D eigenvalue weighted by atomic mass is 9.79. The van der Waals surface area contributed by atoms with Crippen molar-refractivity contribution in [1.82, 2.24) is 9.80 Å². The van der Waals surface area contributed by atoms with Gasteiger partial charge in [0.25, 0.3) is 0 Å². The van der Waals surface area contributed by atoms with E-state index in [2.05, 4.69) is 4.90 Å². The molecule has 0 radical (unpaired) electrons. The van der Waals surface area contributed by atoms with Gasteiger partial charge in [0.05, 0.1) is 5.02 Å². The van der Waals surface area contributed by atoms with Crippen molar-refractivity contribution >= 4 is 17.5 Å². The number of benzene rings is 1. The maximum absolute atomic E-state index is 14.1. The van der Waals surface area contributed by atoms with Gasteiger partial charge in [0.15, 0.2) is 0 Å². The fraction of sp³-hybridized carbons (Fsp3) is 0.611. The topological polar surface area (TPSA) is 23.6 Å². The van der Waals surface area contributed by atoms with E-state index in [-0.39, 0.29) is 17.1 Å². The predicted molar refractivity (Wildman–Crippen MR) is 90.0 cm³/mol. The van der Waals surface area contributed by atoms with Crippen LogP contribution in [-0.2, 0) is 11.3 Å². The monoisotopic (exact) mass is 338 g/mol. The molecule has 1 atom stereocenters. The van der Waals surface area contributed by atoms with Crippen LogP contribution in [0, 0.1) is 18.2 Å². The number of likely N-dealkylation sites (tertiary alicyclic amines) is 2. The lowest BCUT2D eigenvalue weighted by molar-refractivity contribution is -0.132. The van der Waals surface area contributed by atoms with Crippen LogP contribution in [0.5, 0.6) is 0 Å². The van der Waals surface area contributed by atoms with Crippen LogP contribution in [-0.4, -0.2) is 41.9 Å². The van der Waals surface area contributed by atoms with E-state index in [1.807, 2.05) is 11.8 Å². The van der Waals surface area contributed by atoms with Crippen LogP contribution < -0.4 is 0 Å². The third-order valence-electron chi connectivity index (χ3n) is 5.38. The Morgan fingerprint density at radius 1 is 1.30 bits per heavy atom. The van der Waals surface area contributed by atoms with Crippen molar-refractivity contribution < 1.29 is 9.18 Å². The number of halogens is 2. The zero-order chi connectivity index (χ0) is 16.6. The second kappa shape index (κ2) is 6.40. The van der Waals surface area contributed by atoms with E-state index >= 15 is 0 Å². The molecule has 2 saturated heterocycles. The van der Waals surface area contributed by atoms with Crippen LogP contribution >= 0.6 is 11.6 Å². The second-order valence-corrected chi connectivity index (χ2v) is 7.54. The van der Waals surface area contributed by atoms with Crippen molar-refractivity contribution in [1.29, 1.82) is 0 Å². The van der Waals surface area contributed by atoms with Crippen LogP contribution in [0.4, 0.5) is 4.39 Å². The van der Waals surface area contributed by atoms with Crippen LogP contribution in [0.3, 0.4) is 0 Å². The molecule has 0 bridgehead atoms. The fourth-order valence-electron chi connectivity index (χ4n) is 4.06. The van der Waals surface area contributed by atoms with E-state index in [0.717, 1.165) is 51.0 Å². The first-order chi connectivity index (χ1) is 10.9. The Balaban J connectivity index is 1.71. The summed E-state index contributed by atoms with van der Waals surface area (Å²) in [4.78, 5) is 15.9. The van der Waals surface area contributed by atoms with E-state index in [9.17, 15) is 9.18 Å². The van der Waals surface area contributed by atoms with Crippen LogP contribution in [0.15, 0.2) is 12.1 Å². The minimum atomic E-state index is -0.226. The smallest absolute Gasteiger partial charge is 0.219 e. The summed E-state index contributed by atoms with van der Waals surface area (Å²) in [6, 6.07) is 3.22. The van der Waals surface area contributed by atoms with E-state index < -0.39 is 0 Å². The largest absolute Gasteiger partial charge is 0.342 e. The number of hydrogen-bond donors (Lipinski definition) is 0. The molecule has 126 valence electrons. The van der Waals surface area contributed by atoms with Crippen molar-refractivity contribution in [3.63, 3.8) is 0 Å². The minimum Gasteiger partial charge on any atom is -0.342 e. The molecule has 5 heteroatoms. The standard InChI is InChI=1S/C18H24ClFN2O/c1-13-4-5-16(20)15(17(13)19)10-21-9-7-18(11-21)6-3-8-22(12-18)14(2)23/h4-5H,3,6-12H2,1-2H3. The first-order valence-electron chi connectivity index (χ1n) is 8.32. The Kier molecular flexibility index (Phi) is 4.65. The second-order valence-electron chi connectivity index (χ2n) is 7.16. The van der Waals surface area contributed by atoms with E-state index in [1.54, 1.807) is 13.0 Å². The van der Waals surface area contributed by atoms with E-state index in [1.165, 1.54) is 6.07 Å². The van der Waals surface area contributed by atoms with Gasteiger partial charge in [-0.3, -0.25) is 9.69 Å². The number of carbonyl (C=O) groups is 1. The Bertz CT molecular complexity index is 621. The molecule has 3 nitrogen and oxygen atoms in total. The molecule has 3 rings (SSSR count). The van der Waals surface area contributed by atoms with Gasteiger partial charge in [0.1, 0.15) is 5.82 Å². The van der Waals surface area contributed by atoms with Gasteiger partial charge < -0.3 is 4.90 Å².